The highest BCUT2D eigenvalue weighted by Gasteiger charge is 2.31. The Morgan fingerprint density at radius 2 is 2.09 bits per heavy atom. The van der Waals surface area contributed by atoms with E-state index in [0.717, 1.165) is 60.3 Å². The predicted molar refractivity (Wildman–Crippen MR) is 133 cm³/mol. The molecule has 1 saturated heterocycles. The van der Waals surface area contributed by atoms with Crippen LogP contribution >= 0.6 is 23.2 Å². The van der Waals surface area contributed by atoms with Crippen molar-refractivity contribution in [2.45, 2.75) is 64.1 Å². The first-order valence-corrected chi connectivity index (χ1v) is 12.4. The van der Waals surface area contributed by atoms with Gasteiger partial charge in [-0.25, -0.2) is 14.6 Å². The molecule has 3 unspecified atom stereocenters. The number of allylic oxidation sites excluding steroid dienone is 1. The molecule has 0 spiro atoms. The van der Waals surface area contributed by atoms with Crippen LogP contribution in [0.3, 0.4) is 0 Å². The number of aromatic nitrogens is 4. The molecule has 1 aliphatic heterocycles. The van der Waals surface area contributed by atoms with Crippen LogP contribution in [0.1, 0.15) is 62.0 Å². The number of aryl methyl sites for hydroxylation is 1. The summed E-state index contributed by atoms with van der Waals surface area (Å²) >= 11 is 12.6. The van der Waals surface area contributed by atoms with Crippen LogP contribution in [-0.2, 0) is 0 Å². The Morgan fingerprint density at radius 1 is 1.24 bits per heavy atom. The Labute approximate surface area is 204 Å². The summed E-state index contributed by atoms with van der Waals surface area (Å²) in [5.41, 5.74) is 5.53. The Hall–Kier alpha value is -1.99. The molecule has 3 heterocycles. The quantitative estimate of drug-likeness (QED) is 0.520. The zero-order valence-corrected chi connectivity index (χ0v) is 20.5. The van der Waals surface area contributed by atoms with Crippen LogP contribution < -0.4 is 0 Å². The smallest absolute Gasteiger partial charge is 0.178 e. The second-order valence-electron chi connectivity index (χ2n) is 9.17. The van der Waals surface area contributed by atoms with Crippen molar-refractivity contribution < 1.29 is 5.11 Å². The van der Waals surface area contributed by atoms with Crippen molar-refractivity contribution >= 4 is 39.9 Å². The summed E-state index contributed by atoms with van der Waals surface area (Å²) in [4.78, 5) is 12.2. The van der Waals surface area contributed by atoms with Crippen molar-refractivity contribution in [2.24, 2.45) is 0 Å². The van der Waals surface area contributed by atoms with Crippen LogP contribution in [0.5, 0.6) is 0 Å². The molecule has 174 valence electrons. The minimum atomic E-state index is -0.106. The van der Waals surface area contributed by atoms with E-state index in [-0.39, 0.29) is 12.6 Å². The molecular weight excluding hydrogens is 457 g/mol. The normalized spacial score (nSPS) is 22.6. The van der Waals surface area contributed by atoms with Crippen molar-refractivity contribution in [3.05, 3.63) is 57.5 Å². The Balaban J connectivity index is 1.44. The highest BCUT2D eigenvalue weighted by molar-refractivity contribution is 6.35. The second kappa shape index (κ2) is 9.34. The van der Waals surface area contributed by atoms with Crippen molar-refractivity contribution in [1.82, 2.24) is 24.6 Å². The van der Waals surface area contributed by atoms with E-state index in [4.69, 9.17) is 38.3 Å². The first-order valence-electron chi connectivity index (χ1n) is 11.7. The molecule has 6 nitrogen and oxygen atoms in total. The van der Waals surface area contributed by atoms with Crippen molar-refractivity contribution in [1.29, 1.82) is 0 Å². The third-order valence-corrected chi connectivity index (χ3v) is 7.73. The standard InChI is InChI=1S/C25H29Cl2N5O/c1-15-24-25(32(30-15)16(2)21-10-7-18(26)12-22(21)27)29-23(13-28-24)17-5-8-19(9-6-17)31-11-3-4-20(31)14-33/h5,7,10,12-13,16,19-20,33H,3-4,6,8-9,11,14H2,1-2H3. The van der Waals surface area contributed by atoms with Gasteiger partial charge in [0, 0.05) is 22.1 Å². The maximum atomic E-state index is 9.69. The highest BCUT2D eigenvalue weighted by Crippen LogP contribution is 2.34. The lowest BCUT2D eigenvalue weighted by Gasteiger charge is -2.34. The van der Waals surface area contributed by atoms with Crippen LogP contribution in [0.2, 0.25) is 10.0 Å². The molecule has 2 aliphatic rings. The van der Waals surface area contributed by atoms with Crippen LogP contribution in [0, 0.1) is 6.92 Å². The maximum Gasteiger partial charge on any atom is 0.178 e. The van der Waals surface area contributed by atoms with E-state index in [1.165, 1.54) is 12.0 Å². The maximum absolute atomic E-state index is 9.69. The monoisotopic (exact) mass is 485 g/mol. The van der Waals surface area contributed by atoms with Crippen LogP contribution in [0.25, 0.3) is 16.7 Å². The van der Waals surface area contributed by atoms with Crippen molar-refractivity contribution in [3.8, 4) is 0 Å². The van der Waals surface area contributed by atoms with Gasteiger partial charge in [0.25, 0.3) is 0 Å². The van der Waals surface area contributed by atoms with Gasteiger partial charge in [-0.2, -0.15) is 5.10 Å². The van der Waals surface area contributed by atoms with Crippen molar-refractivity contribution in [2.75, 3.05) is 13.2 Å². The van der Waals surface area contributed by atoms with Crippen LogP contribution in [-0.4, -0.2) is 55.0 Å². The molecule has 1 fully saturated rings. The van der Waals surface area contributed by atoms with E-state index in [9.17, 15) is 5.11 Å². The van der Waals surface area contributed by atoms with Crippen LogP contribution in [0.4, 0.5) is 0 Å². The first kappa shape index (κ1) is 22.8. The van der Waals surface area contributed by atoms with Gasteiger partial charge in [0.15, 0.2) is 5.65 Å². The fraction of sp³-hybridized carbons (Fsp3) is 0.480. The minimum absolute atomic E-state index is 0.106. The molecule has 1 aromatic carbocycles. The van der Waals surface area contributed by atoms with Gasteiger partial charge in [-0.1, -0.05) is 35.3 Å². The topological polar surface area (TPSA) is 67.1 Å². The number of nitrogens with zero attached hydrogens (tertiary/aromatic N) is 5. The van der Waals surface area contributed by atoms with Gasteiger partial charge in [0.05, 0.1) is 30.2 Å². The average Bonchev–Trinajstić information content (AvgIpc) is 3.43. The largest absolute Gasteiger partial charge is 0.395 e. The zero-order chi connectivity index (χ0) is 23.1. The predicted octanol–water partition coefficient (Wildman–Crippen LogP) is 5.44. The molecule has 8 heteroatoms. The molecule has 33 heavy (non-hydrogen) atoms. The Bertz CT molecular complexity index is 1210. The second-order valence-corrected chi connectivity index (χ2v) is 10.0. The van der Waals surface area contributed by atoms with Gasteiger partial charge < -0.3 is 5.11 Å². The van der Waals surface area contributed by atoms with Gasteiger partial charge in [0.2, 0.25) is 0 Å². The molecular formula is C25H29Cl2N5O. The average molecular weight is 486 g/mol. The fourth-order valence-corrected chi connectivity index (χ4v) is 5.90. The molecule has 1 aliphatic carbocycles. The minimum Gasteiger partial charge on any atom is -0.395 e. The first-order chi connectivity index (χ1) is 16.0. The van der Waals surface area contributed by atoms with E-state index in [0.29, 0.717) is 22.1 Å². The molecule has 0 saturated carbocycles. The van der Waals surface area contributed by atoms with Gasteiger partial charge in [-0.15, -0.1) is 0 Å². The number of hydrogen-bond donors (Lipinski definition) is 1. The molecule has 3 atom stereocenters. The van der Waals surface area contributed by atoms with E-state index in [1.54, 1.807) is 6.07 Å². The summed E-state index contributed by atoms with van der Waals surface area (Å²) in [6.07, 6.45) is 9.50. The lowest BCUT2D eigenvalue weighted by molar-refractivity contribution is 0.114. The lowest BCUT2D eigenvalue weighted by atomic mass is 9.92. The summed E-state index contributed by atoms with van der Waals surface area (Å²) < 4.78 is 1.92. The summed E-state index contributed by atoms with van der Waals surface area (Å²) in [6, 6.07) is 6.27. The van der Waals surface area contributed by atoms with E-state index in [1.807, 2.05) is 29.9 Å². The number of halogens is 2. The van der Waals surface area contributed by atoms with E-state index in [2.05, 4.69) is 17.9 Å². The highest BCUT2D eigenvalue weighted by atomic mass is 35.5. The Morgan fingerprint density at radius 3 is 2.82 bits per heavy atom. The molecule has 5 rings (SSSR count). The van der Waals surface area contributed by atoms with Gasteiger partial charge in [0.1, 0.15) is 5.52 Å². The van der Waals surface area contributed by atoms with Gasteiger partial charge >= 0.3 is 0 Å². The number of fused-ring (bicyclic) bond motifs is 1. The van der Waals surface area contributed by atoms with Gasteiger partial charge in [-0.05, 0) is 75.8 Å². The Kier molecular flexibility index (Phi) is 6.45. The third kappa shape index (κ3) is 4.30. The molecule has 2 aromatic heterocycles. The summed E-state index contributed by atoms with van der Waals surface area (Å²) in [6.45, 7) is 5.37. The number of aliphatic hydroxyl groups is 1. The number of benzene rings is 1. The molecule has 0 radical (unpaired) electrons. The number of aliphatic hydroxyl groups excluding tert-OH is 1. The fourth-order valence-electron chi connectivity index (χ4n) is 5.34. The lowest BCUT2D eigenvalue weighted by Crippen LogP contribution is -2.41. The molecule has 0 bridgehead atoms. The van der Waals surface area contributed by atoms with E-state index < -0.39 is 0 Å². The van der Waals surface area contributed by atoms with Gasteiger partial charge in [-0.3, -0.25) is 4.90 Å². The van der Waals surface area contributed by atoms with E-state index >= 15 is 0 Å². The molecule has 1 N–H and O–H groups in total. The third-order valence-electron chi connectivity index (χ3n) is 7.17. The molecule has 0 amide bonds. The molecule has 3 aromatic rings. The van der Waals surface area contributed by atoms with Crippen LogP contribution in [0.15, 0.2) is 30.5 Å². The zero-order valence-electron chi connectivity index (χ0n) is 19.0. The summed E-state index contributed by atoms with van der Waals surface area (Å²) in [5, 5.41) is 15.7. The number of likely N-dealkylation sites (tertiary alicyclic amines) is 1. The summed E-state index contributed by atoms with van der Waals surface area (Å²) in [7, 11) is 0. The SMILES string of the molecule is Cc1nn(C(C)c2ccc(Cl)cc2Cl)c2nc(C3=CCC(N4CCCC4CO)CC3)cnc12. The number of hydrogen-bond acceptors (Lipinski definition) is 5. The number of rotatable bonds is 5. The van der Waals surface area contributed by atoms with Crippen molar-refractivity contribution in [3.63, 3.8) is 0 Å². The summed E-state index contributed by atoms with van der Waals surface area (Å²) in [5.74, 6) is 0.